The molecule has 1 fully saturated rings. The van der Waals surface area contributed by atoms with E-state index >= 15 is 0 Å². The van der Waals surface area contributed by atoms with E-state index in [1.54, 1.807) is 25.1 Å². The molecule has 0 radical (unpaired) electrons. The number of nitrogens with zero attached hydrogens (tertiary/aromatic N) is 4. The number of allylic oxidation sites excluding steroid dienone is 1. The number of nitrogens with one attached hydrogen (secondary N) is 1. The van der Waals surface area contributed by atoms with Crippen molar-refractivity contribution in [3.8, 4) is 0 Å². The molecule has 2 aromatic rings. The minimum atomic E-state index is -4.59. The number of nitrogens with two attached hydrogens (primary N) is 1. The largest absolute Gasteiger partial charge is 0.419 e. The molecule has 0 bridgehead atoms. The number of hydrogen-bond donors (Lipinski definition) is 2. The summed E-state index contributed by atoms with van der Waals surface area (Å²) >= 11 is 0. The Morgan fingerprint density at radius 1 is 1.31 bits per heavy atom. The Bertz CT molecular complexity index is 1150. The maximum Gasteiger partial charge on any atom is 0.419 e. The quantitative estimate of drug-likeness (QED) is 0.346. The Morgan fingerprint density at radius 3 is 2.56 bits per heavy atom. The van der Waals surface area contributed by atoms with E-state index in [1.165, 1.54) is 13.3 Å². The average molecular weight is 511 g/mol. The zero-order valence-corrected chi connectivity index (χ0v) is 20.0. The second-order valence-electron chi connectivity index (χ2n) is 8.80. The first-order chi connectivity index (χ1) is 16.8. The van der Waals surface area contributed by atoms with Gasteiger partial charge in [0.1, 0.15) is 5.70 Å². The third-order valence-electron chi connectivity index (χ3n) is 5.90. The van der Waals surface area contributed by atoms with Crippen molar-refractivity contribution in [2.75, 3.05) is 25.5 Å². The van der Waals surface area contributed by atoms with Gasteiger partial charge in [0.25, 0.3) is 11.8 Å². The fourth-order valence-corrected chi connectivity index (χ4v) is 4.15. The molecule has 1 aromatic heterocycles. The van der Waals surface area contributed by atoms with Gasteiger partial charge >= 0.3 is 6.18 Å². The predicted molar refractivity (Wildman–Crippen MR) is 126 cm³/mol. The van der Waals surface area contributed by atoms with Gasteiger partial charge in [-0.15, -0.1) is 0 Å². The van der Waals surface area contributed by atoms with Crippen LogP contribution in [0.15, 0.2) is 47.3 Å². The van der Waals surface area contributed by atoms with Gasteiger partial charge in [-0.2, -0.15) is 13.2 Å². The number of amides is 1. The Morgan fingerprint density at radius 2 is 1.97 bits per heavy atom. The first-order valence-corrected chi connectivity index (χ1v) is 11.1. The first kappa shape index (κ1) is 27.0. The van der Waals surface area contributed by atoms with Gasteiger partial charge in [0, 0.05) is 44.2 Å². The zero-order chi connectivity index (χ0) is 26.7. The molecule has 1 amide bonds. The minimum Gasteiger partial charge on any atom is -0.394 e. The van der Waals surface area contributed by atoms with Crippen LogP contribution in [0.1, 0.15) is 30.0 Å². The highest BCUT2D eigenvalue weighted by atomic mass is 19.4. The predicted octanol–water partition coefficient (Wildman–Crippen LogP) is 4.16. The highest BCUT2D eigenvalue weighted by molar-refractivity contribution is 6.18. The monoisotopic (exact) mass is 510 g/mol. The van der Waals surface area contributed by atoms with E-state index in [0.29, 0.717) is 23.5 Å². The molecule has 1 aliphatic rings. The van der Waals surface area contributed by atoms with Crippen LogP contribution in [0.3, 0.4) is 0 Å². The molecule has 2 atom stereocenters. The van der Waals surface area contributed by atoms with E-state index in [9.17, 15) is 26.7 Å². The molecule has 1 saturated heterocycles. The summed E-state index contributed by atoms with van der Waals surface area (Å²) in [6.07, 6.45) is -2.42. The maximum atomic E-state index is 14.5. The number of hydrogen-bond acceptors (Lipinski definition) is 6. The van der Waals surface area contributed by atoms with Crippen molar-refractivity contribution in [2.24, 2.45) is 16.6 Å². The molecule has 1 aliphatic heterocycles. The Hall–Kier alpha value is -3.57. The number of likely N-dealkylation sites (tertiary alicyclic amines) is 1. The van der Waals surface area contributed by atoms with Crippen molar-refractivity contribution in [1.29, 1.82) is 0 Å². The van der Waals surface area contributed by atoms with Gasteiger partial charge in [0.05, 0.1) is 18.2 Å². The summed E-state index contributed by atoms with van der Waals surface area (Å²) in [5.41, 5.74) is 6.77. The van der Waals surface area contributed by atoms with Crippen LogP contribution in [0, 0.1) is 12.8 Å². The molecule has 3 rings (SSSR count). The third kappa shape index (κ3) is 6.35. The summed E-state index contributed by atoms with van der Waals surface area (Å²) in [4.78, 5) is 25.7. The van der Waals surface area contributed by atoms with Crippen LogP contribution in [-0.4, -0.2) is 59.1 Å². The molecule has 2 heterocycles. The van der Waals surface area contributed by atoms with Crippen molar-refractivity contribution < 1.29 is 26.7 Å². The smallest absolute Gasteiger partial charge is 0.394 e. The topological polar surface area (TPSA) is 96.5 Å². The van der Waals surface area contributed by atoms with E-state index in [4.69, 9.17) is 5.73 Å². The van der Waals surface area contributed by atoms with Gasteiger partial charge in [-0.05, 0) is 18.4 Å². The summed E-state index contributed by atoms with van der Waals surface area (Å²) in [5, 5.41) is 2.76. The number of anilines is 1. The van der Waals surface area contributed by atoms with Crippen molar-refractivity contribution in [1.82, 2.24) is 14.9 Å². The fraction of sp³-hybridized carbons (Fsp3) is 0.417. The summed E-state index contributed by atoms with van der Waals surface area (Å²) < 4.78 is 67.3. The average Bonchev–Trinajstić information content (AvgIpc) is 2.80. The molecular formula is C24H27F5N6O. The van der Waals surface area contributed by atoms with Crippen LogP contribution in [0.25, 0.3) is 5.57 Å². The van der Waals surface area contributed by atoms with E-state index < -0.39 is 48.5 Å². The molecule has 1 unspecified atom stereocenters. The fourth-order valence-electron chi connectivity index (χ4n) is 4.15. The van der Waals surface area contributed by atoms with Gasteiger partial charge in [-0.25, -0.2) is 18.7 Å². The number of aromatic nitrogens is 2. The minimum absolute atomic E-state index is 0.0662. The van der Waals surface area contributed by atoms with Gasteiger partial charge in [-0.1, -0.05) is 36.8 Å². The molecule has 36 heavy (non-hydrogen) atoms. The molecule has 12 heteroatoms. The number of aliphatic imine (C=N–C) groups is 1. The molecule has 0 spiro atoms. The highest BCUT2D eigenvalue weighted by Gasteiger charge is 2.46. The first-order valence-electron chi connectivity index (χ1n) is 11.1. The molecule has 7 nitrogen and oxygen atoms in total. The lowest BCUT2D eigenvalue weighted by molar-refractivity contribution is -0.148. The second-order valence-corrected chi connectivity index (χ2v) is 8.80. The van der Waals surface area contributed by atoms with Gasteiger partial charge < -0.3 is 16.0 Å². The maximum absolute atomic E-state index is 14.5. The molecule has 3 N–H and O–H groups in total. The van der Waals surface area contributed by atoms with Crippen LogP contribution < -0.4 is 11.1 Å². The van der Waals surface area contributed by atoms with Gasteiger partial charge in [-0.3, -0.25) is 9.79 Å². The number of benzene rings is 1. The lowest BCUT2D eigenvalue weighted by atomic mass is 9.88. The van der Waals surface area contributed by atoms with Crippen LogP contribution in [0.5, 0.6) is 0 Å². The second kappa shape index (κ2) is 10.6. The normalized spacial score (nSPS) is 20.8. The highest BCUT2D eigenvalue weighted by Crippen LogP contribution is 2.35. The molecular weight excluding hydrogens is 483 g/mol. The number of piperidine rings is 1. The summed E-state index contributed by atoms with van der Waals surface area (Å²) in [7, 11) is 1.50. The molecule has 0 saturated carbocycles. The van der Waals surface area contributed by atoms with E-state index in [2.05, 4.69) is 20.3 Å². The van der Waals surface area contributed by atoms with E-state index in [1.807, 2.05) is 13.0 Å². The zero-order valence-electron chi connectivity index (χ0n) is 20.0. The van der Waals surface area contributed by atoms with Gasteiger partial charge in [0.15, 0.2) is 0 Å². The number of alkyl halides is 5. The Balaban J connectivity index is 1.90. The number of halogens is 5. The van der Waals surface area contributed by atoms with Crippen LogP contribution >= 0.6 is 0 Å². The van der Waals surface area contributed by atoms with Crippen LogP contribution in [-0.2, 0) is 11.0 Å². The number of carbonyl (C=O) groups is 1. The standard InChI is InChI=1S/C24H27F5N6O/c1-14-5-4-6-16(7-14)18(11-31-3)20(30)21(36)35-13-23(25,26)8-15(2)19(35)12-34-22-32-9-17(10-33-22)24(27,28)29/h4-7,9-11,15,19H,8,12-13,30H2,1-3H3,(H,32,33,34)/t15-,19?/m1/s1. The third-order valence-corrected chi connectivity index (χ3v) is 5.90. The number of carbonyl (C=O) groups excluding carboxylic acids is 1. The lowest BCUT2D eigenvalue weighted by Gasteiger charge is -2.43. The molecule has 1 aromatic carbocycles. The van der Waals surface area contributed by atoms with Crippen molar-refractivity contribution in [2.45, 2.75) is 38.4 Å². The van der Waals surface area contributed by atoms with Crippen molar-refractivity contribution in [3.63, 3.8) is 0 Å². The number of aryl methyl sites for hydroxylation is 1. The van der Waals surface area contributed by atoms with Crippen LogP contribution in [0.4, 0.5) is 27.9 Å². The lowest BCUT2D eigenvalue weighted by Crippen LogP contribution is -2.58. The summed E-state index contributed by atoms with van der Waals surface area (Å²) in [5.74, 6) is -4.71. The summed E-state index contributed by atoms with van der Waals surface area (Å²) in [6.45, 7) is 2.51. The van der Waals surface area contributed by atoms with Crippen molar-refractivity contribution >= 4 is 23.6 Å². The molecule has 194 valence electrons. The SMILES string of the molecule is CN=CC(=C(N)C(=O)N1CC(F)(F)C[C@@H](C)C1CNc1ncc(C(F)(F)F)cn1)c1cccc(C)c1. The number of rotatable bonds is 6. The van der Waals surface area contributed by atoms with E-state index in [0.717, 1.165) is 10.5 Å². The van der Waals surface area contributed by atoms with Gasteiger partial charge in [0.2, 0.25) is 5.95 Å². The Kier molecular flexibility index (Phi) is 7.95. The van der Waals surface area contributed by atoms with Crippen molar-refractivity contribution in [3.05, 3.63) is 59.0 Å². The molecule has 0 aliphatic carbocycles. The Labute approximate surface area is 205 Å². The van der Waals surface area contributed by atoms with E-state index in [-0.39, 0.29) is 18.2 Å². The van der Waals surface area contributed by atoms with Crippen LogP contribution in [0.2, 0.25) is 0 Å². The summed E-state index contributed by atoms with van der Waals surface area (Å²) in [6, 6.07) is 6.42.